The van der Waals surface area contributed by atoms with Crippen LogP contribution in [0.3, 0.4) is 0 Å². The van der Waals surface area contributed by atoms with Crippen molar-refractivity contribution in [3.63, 3.8) is 0 Å². The second-order valence-corrected chi connectivity index (χ2v) is 4.55. The van der Waals surface area contributed by atoms with Crippen molar-refractivity contribution in [3.8, 4) is 12.3 Å². The van der Waals surface area contributed by atoms with Crippen molar-refractivity contribution in [2.75, 3.05) is 19.6 Å². The molecule has 1 N–H and O–H groups in total. The lowest BCUT2D eigenvalue weighted by atomic mass is 10.0. The molecule has 1 aliphatic carbocycles. The minimum Gasteiger partial charge on any atom is -0.311 e. The molecule has 0 aromatic heterocycles. The van der Waals surface area contributed by atoms with Gasteiger partial charge in [0.25, 0.3) is 0 Å². The van der Waals surface area contributed by atoms with Crippen molar-refractivity contribution < 1.29 is 0 Å². The molecule has 2 atom stereocenters. The Morgan fingerprint density at radius 1 is 1.50 bits per heavy atom. The Hall–Kier alpha value is -0.520. The van der Waals surface area contributed by atoms with Crippen LogP contribution in [-0.2, 0) is 0 Å². The highest BCUT2D eigenvalue weighted by molar-refractivity contribution is 4.98. The van der Waals surface area contributed by atoms with Crippen molar-refractivity contribution >= 4 is 0 Å². The number of hydrogen-bond acceptors (Lipinski definition) is 2. The maximum Gasteiger partial charge on any atom is 0.0602 e. The summed E-state index contributed by atoms with van der Waals surface area (Å²) in [6.07, 6.45) is 9.43. The third kappa shape index (κ3) is 2.10. The van der Waals surface area contributed by atoms with E-state index < -0.39 is 0 Å². The summed E-state index contributed by atoms with van der Waals surface area (Å²) in [4.78, 5) is 2.47. The van der Waals surface area contributed by atoms with Crippen LogP contribution in [0.15, 0.2) is 0 Å². The molecule has 1 heterocycles. The first kappa shape index (κ1) is 10.0. The fourth-order valence-corrected chi connectivity index (χ4v) is 2.41. The maximum absolute atomic E-state index is 5.40. The summed E-state index contributed by atoms with van der Waals surface area (Å²) in [5.74, 6) is 3.72. The van der Waals surface area contributed by atoms with Gasteiger partial charge in [-0.25, -0.2) is 0 Å². The molecule has 0 aromatic carbocycles. The van der Waals surface area contributed by atoms with E-state index in [1.54, 1.807) is 0 Å². The molecule has 2 rings (SSSR count). The van der Waals surface area contributed by atoms with Gasteiger partial charge in [-0.15, -0.1) is 6.42 Å². The van der Waals surface area contributed by atoms with Crippen molar-refractivity contribution in [2.45, 2.75) is 38.3 Å². The zero-order valence-electron chi connectivity index (χ0n) is 9.00. The van der Waals surface area contributed by atoms with Gasteiger partial charge in [0.15, 0.2) is 0 Å². The van der Waals surface area contributed by atoms with Crippen LogP contribution in [0.1, 0.15) is 26.2 Å². The largest absolute Gasteiger partial charge is 0.311 e. The van der Waals surface area contributed by atoms with Gasteiger partial charge < -0.3 is 5.32 Å². The van der Waals surface area contributed by atoms with Crippen LogP contribution in [0.2, 0.25) is 0 Å². The van der Waals surface area contributed by atoms with E-state index in [1.807, 2.05) is 0 Å². The number of nitrogens with zero attached hydrogens (tertiary/aromatic N) is 1. The van der Waals surface area contributed by atoms with Gasteiger partial charge in [0.1, 0.15) is 0 Å². The van der Waals surface area contributed by atoms with Crippen LogP contribution in [0.25, 0.3) is 0 Å². The molecule has 0 bridgehead atoms. The quantitative estimate of drug-likeness (QED) is 0.673. The van der Waals surface area contributed by atoms with Gasteiger partial charge in [-0.05, 0) is 25.2 Å². The first-order chi connectivity index (χ1) is 6.85. The zero-order valence-corrected chi connectivity index (χ0v) is 9.00. The number of rotatable bonds is 3. The Morgan fingerprint density at radius 2 is 2.29 bits per heavy atom. The lowest BCUT2D eigenvalue weighted by Crippen LogP contribution is -2.57. The van der Waals surface area contributed by atoms with Crippen LogP contribution in [0, 0.1) is 18.3 Å². The minimum atomic E-state index is 0.654. The zero-order chi connectivity index (χ0) is 9.97. The summed E-state index contributed by atoms with van der Waals surface area (Å²) < 4.78 is 0. The molecule has 0 radical (unpaired) electrons. The van der Waals surface area contributed by atoms with Crippen molar-refractivity contribution in [3.05, 3.63) is 0 Å². The van der Waals surface area contributed by atoms with Gasteiger partial charge in [0, 0.05) is 25.2 Å². The lowest BCUT2D eigenvalue weighted by molar-refractivity contribution is 0.135. The van der Waals surface area contributed by atoms with Gasteiger partial charge in [0.05, 0.1) is 6.54 Å². The van der Waals surface area contributed by atoms with E-state index in [9.17, 15) is 0 Å². The summed E-state index contributed by atoms with van der Waals surface area (Å²) in [7, 11) is 0. The number of nitrogens with one attached hydrogen (secondary N) is 1. The Bertz CT molecular complexity index is 227. The smallest absolute Gasteiger partial charge is 0.0602 e. The van der Waals surface area contributed by atoms with Gasteiger partial charge >= 0.3 is 0 Å². The first-order valence-electron chi connectivity index (χ1n) is 5.76. The Kier molecular flexibility index (Phi) is 3.10. The second-order valence-electron chi connectivity index (χ2n) is 4.55. The molecule has 2 fully saturated rings. The molecule has 2 nitrogen and oxygen atoms in total. The molecule has 2 heteroatoms. The van der Waals surface area contributed by atoms with Crippen molar-refractivity contribution in [1.82, 2.24) is 10.2 Å². The van der Waals surface area contributed by atoms with Gasteiger partial charge in [-0.3, -0.25) is 4.90 Å². The highest BCUT2D eigenvalue weighted by atomic mass is 15.2. The molecule has 1 saturated carbocycles. The van der Waals surface area contributed by atoms with Gasteiger partial charge in [-0.2, -0.15) is 0 Å². The average Bonchev–Trinajstić information content (AvgIpc) is 3.01. The Morgan fingerprint density at radius 3 is 2.86 bits per heavy atom. The molecule has 1 aliphatic heterocycles. The van der Waals surface area contributed by atoms with E-state index in [0.717, 1.165) is 25.6 Å². The van der Waals surface area contributed by atoms with E-state index >= 15 is 0 Å². The van der Waals surface area contributed by atoms with Crippen LogP contribution in [0.5, 0.6) is 0 Å². The van der Waals surface area contributed by atoms with Crippen LogP contribution in [-0.4, -0.2) is 36.6 Å². The Balaban J connectivity index is 1.90. The third-order valence-corrected chi connectivity index (χ3v) is 3.52. The number of hydrogen-bond donors (Lipinski definition) is 1. The molecule has 78 valence electrons. The van der Waals surface area contributed by atoms with Gasteiger partial charge in [0.2, 0.25) is 0 Å². The minimum absolute atomic E-state index is 0.654. The molecule has 14 heavy (non-hydrogen) atoms. The molecule has 2 unspecified atom stereocenters. The molecule has 0 amide bonds. The molecular weight excluding hydrogens is 172 g/mol. The molecule has 0 aromatic rings. The fraction of sp³-hybridized carbons (Fsp3) is 0.833. The fourth-order valence-electron chi connectivity index (χ4n) is 2.41. The standard InChI is InChI=1S/C12H20N2/c1-3-7-14-9-12(10-5-6-10)13-8-11(14)4-2/h1,10-13H,4-9H2,2H3. The normalized spacial score (nSPS) is 34.0. The van der Waals surface area contributed by atoms with E-state index in [2.05, 4.69) is 23.1 Å². The molecular formula is C12H20N2. The Labute approximate surface area is 87.1 Å². The summed E-state index contributed by atoms with van der Waals surface area (Å²) in [5.41, 5.74) is 0. The highest BCUT2D eigenvalue weighted by Crippen LogP contribution is 2.34. The lowest BCUT2D eigenvalue weighted by Gasteiger charge is -2.39. The van der Waals surface area contributed by atoms with E-state index in [1.165, 1.54) is 19.3 Å². The molecule has 0 spiro atoms. The number of piperazine rings is 1. The topological polar surface area (TPSA) is 15.3 Å². The van der Waals surface area contributed by atoms with Crippen molar-refractivity contribution in [1.29, 1.82) is 0 Å². The monoisotopic (exact) mass is 192 g/mol. The van der Waals surface area contributed by atoms with Gasteiger partial charge in [-0.1, -0.05) is 12.8 Å². The highest BCUT2D eigenvalue weighted by Gasteiger charge is 2.36. The number of terminal acetylenes is 1. The van der Waals surface area contributed by atoms with Crippen LogP contribution < -0.4 is 5.32 Å². The first-order valence-corrected chi connectivity index (χ1v) is 5.76. The summed E-state index contributed by atoms with van der Waals surface area (Å²) in [6.45, 7) is 5.35. The summed E-state index contributed by atoms with van der Waals surface area (Å²) in [6, 6.07) is 1.37. The maximum atomic E-state index is 5.40. The SMILES string of the molecule is C#CCN1CC(C2CC2)NCC1CC. The van der Waals surface area contributed by atoms with Crippen LogP contribution >= 0.6 is 0 Å². The van der Waals surface area contributed by atoms with Crippen molar-refractivity contribution in [2.24, 2.45) is 5.92 Å². The molecule has 1 saturated heterocycles. The van der Waals surface area contributed by atoms with E-state index in [0.29, 0.717) is 12.1 Å². The predicted octanol–water partition coefficient (Wildman–Crippen LogP) is 1.08. The van der Waals surface area contributed by atoms with E-state index in [-0.39, 0.29) is 0 Å². The second kappa shape index (κ2) is 4.33. The molecule has 2 aliphatic rings. The summed E-state index contributed by atoms with van der Waals surface area (Å²) in [5, 5.41) is 3.66. The average molecular weight is 192 g/mol. The van der Waals surface area contributed by atoms with Crippen LogP contribution in [0.4, 0.5) is 0 Å². The van der Waals surface area contributed by atoms with E-state index in [4.69, 9.17) is 6.42 Å². The predicted molar refractivity (Wildman–Crippen MR) is 59.0 cm³/mol. The third-order valence-electron chi connectivity index (χ3n) is 3.52. The summed E-state index contributed by atoms with van der Waals surface area (Å²) >= 11 is 0.